The summed E-state index contributed by atoms with van der Waals surface area (Å²) in [5.74, 6) is -0.270. The summed E-state index contributed by atoms with van der Waals surface area (Å²) in [4.78, 5) is 10.5. The molecular formula is C7H12NNaO. The average molecular weight is 149 g/mol. The molecule has 1 amide bonds. The van der Waals surface area contributed by atoms with Crippen molar-refractivity contribution >= 4 is 5.91 Å². The van der Waals surface area contributed by atoms with Crippen molar-refractivity contribution in [1.82, 2.24) is 0 Å². The molecule has 0 aromatic heterocycles. The van der Waals surface area contributed by atoms with Crippen molar-refractivity contribution in [2.75, 3.05) is 0 Å². The normalized spacial score (nSPS) is 19.6. The van der Waals surface area contributed by atoms with E-state index < -0.39 is 0 Å². The van der Waals surface area contributed by atoms with Crippen LogP contribution in [0.5, 0.6) is 0 Å². The zero-order valence-corrected chi connectivity index (χ0v) is 8.52. The molecule has 1 rings (SSSR count). The zero-order chi connectivity index (χ0) is 6.69. The fourth-order valence-electron chi connectivity index (χ4n) is 1.36. The van der Waals surface area contributed by atoms with Gasteiger partial charge in [0.25, 0.3) is 0 Å². The van der Waals surface area contributed by atoms with Gasteiger partial charge < -0.3 is 10.5 Å². The van der Waals surface area contributed by atoms with Gasteiger partial charge in [-0.1, -0.05) is 19.3 Å². The summed E-state index contributed by atoms with van der Waals surface area (Å²) in [5.41, 5.74) is 6.83. The first-order chi connectivity index (χ1) is 4.30. The topological polar surface area (TPSA) is 40.9 Å². The molecular weight excluding hydrogens is 137 g/mol. The molecule has 10 heavy (non-hydrogen) atoms. The Bertz CT molecular complexity index is 110. The van der Waals surface area contributed by atoms with E-state index in [0.29, 0.717) is 0 Å². The molecule has 0 heterocycles. The molecule has 1 fully saturated rings. The predicted molar refractivity (Wildman–Crippen MR) is 35.9 cm³/mol. The molecule has 3 heteroatoms. The molecule has 1 N–H and O–H groups in total. The SMILES string of the molecule is [NH-]C(=O)C1CCCCC1.[Na+]. The number of nitrogens with one attached hydrogen (secondary N) is 1. The van der Waals surface area contributed by atoms with E-state index in [4.69, 9.17) is 5.73 Å². The van der Waals surface area contributed by atoms with Gasteiger partial charge in [-0.25, -0.2) is 0 Å². The number of carbonyl (C=O) groups excluding carboxylic acids is 1. The number of rotatable bonds is 1. The third-order valence-electron chi connectivity index (χ3n) is 1.98. The molecule has 1 aliphatic carbocycles. The molecule has 1 aliphatic rings. The van der Waals surface area contributed by atoms with Crippen molar-refractivity contribution < 1.29 is 34.4 Å². The first-order valence-electron chi connectivity index (χ1n) is 3.56. The summed E-state index contributed by atoms with van der Waals surface area (Å²) < 4.78 is 0. The van der Waals surface area contributed by atoms with Crippen molar-refractivity contribution in [3.63, 3.8) is 0 Å². The van der Waals surface area contributed by atoms with Crippen LogP contribution in [0.25, 0.3) is 5.73 Å². The maximum atomic E-state index is 10.5. The molecule has 52 valence electrons. The van der Waals surface area contributed by atoms with E-state index in [-0.39, 0.29) is 41.4 Å². The van der Waals surface area contributed by atoms with Crippen LogP contribution in [0.2, 0.25) is 0 Å². The van der Waals surface area contributed by atoms with Crippen molar-refractivity contribution in [1.29, 1.82) is 0 Å². The molecule has 0 bridgehead atoms. The molecule has 0 radical (unpaired) electrons. The van der Waals surface area contributed by atoms with Gasteiger partial charge >= 0.3 is 29.6 Å². The Labute approximate surface area is 83.8 Å². The number of hydrogen-bond donors (Lipinski definition) is 0. The van der Waals surface area contributed by atoms with Crippen molar-refractivity contribution in [2.24, 2.45) is 5.92 Å². The van der Waals surface area contributed by atoms with Gasteiger partial charge in [-0.05, 0) is 12.8 Å². The van der Waals surface area contributed by atoms with Gasteiger partial charge in [-0.2, -0.15) is 0 Å². The molecule has 0 saturated heterocycles. The fraction of sp³-hybridized carbons (Fsp3) is 0.857. The summed E-state index contributed by atoms with van der Waals surface area (Å²) >= 11 is 0. The third-order valence-corrected chi connectivity index (χ3v) is 1.98. The standard InChI is InChI=1S/C7H13NO.Na/c8-7(9)6-4-2-1-3-5-6;/h6H,1-5H2,(H2,8,9);/q;+1/p-1. The Morgan fingerprint density at radius 1 is 1.20 bits per heavy atom. The molecule has 0 spiro atoms. The number of carbonyl (C=O) groups is 1. The Hall–Kier alpha value is 0.470. The van der Waals surface area contributed by atoms with E-state index in [1.807, 2.05) is 0 Å². The summed E-state index contributed by atoms with van der Waals surface area (Å²) in [5, 5.41) is 0. The summed E-state index contributed by atoms with van der Waals surface area (Å²) in [7, 11) is 0. The first kappa shape index (κ1) is 10.5. The Balaban J connectivity index is 0.000000810. The van der Waals surface area contributed by atoms with Crippen LogP contribution in [-0.4, -0.2) is 5.91 Å². The van der Waals surface area contributed by atoms with E-state index in [1.54, 1.807) is 0 Å². The maximum Gasteiger partial charge on any atom is 1.00 e. The molecule has 0 aromatic rings. The van der Waals surface area contributed by atoms with Crippen molar-refractivity contribution in [3.8, 4) is 0 Å². The zero-order valence-electron chi connectivity index (χ0n) is 6.52. The van der Waals surface area contributed by atoms with Gasteiger partial charge in [0.1, 0.15) is 0 Å². The Morgan fingerprint density at radius 2 is 1.70 bits per heavy atom. The number of hydrogen-bond acceptors (Lipinski definition) is 1. The van der Waals surface area contributed by atoms with E-state index in [1.165, 1.54) is 6.42 Å². The largest absolute Gasteiger partial charge is 1.00 e. The summed E-state index contributed by atoms with van der Waals surface area (Å²) in [6.45, 7) is 0. The van der Waals surface area contributed by atoms with Crippen molar-refractivity contribution in [2.45, 2.75) is 32.1 Å². The minimum atomic E-state index is -0.352. The summed E-state index contributed by atoms with van der Waals surface area (Å²) in [6, 6.07) is 0. The Kier molecular flexibility index (Phi) is 5.41. The van der Waals surface area contributed by atoms with E-state index in [9.17, 15) is 4.79 Å². The second-order valence-electron chi connectivity index (χ2n) is 2.70. The Morgan fingerprint density at radius 3 is 2.00 bits per heavy atom. The smallest absolute Gasteiger partial charge is 0.668 e. The number of amides is 1. The van der Waals surface area contributed by atoms with Gasteiger partial charge in [0, 0.05) is 5.92 Å². The van der Waals surface area contributed by atoms with Gasteiger partial charge in [0.2, 0.25) is 0 Å². The van der Waals surface area contributed by atoms with Crippen LogP contribution in [0.1, 0.15) is 32.1 Å². The molecule has 0 atom stereocenters. The average Bonchev–Trinajstić information content (AvgIpc) is 1.90. The van der Waals surface area contributed by atoms with Crippen LogP contribution in [-0.2, 0) is 4.79 Å². The van der Waals surface area contributed by atoms with Crippen LogP contribution in [0, 0.1) is 5.92 Å². The second kappa shape index (κ2) is 5.16. The van der Waals surface area contributed by atoms with Gasteiger partial charge in [-0.15, -0.1) is 0 Å². The molecule has 0 aromatic carbocycles. The van der Waals surface area contributed by atoms with Crippen LogP contribution >= 0.6 is 0 Å². The molecule has 0 unspecified atom stereocenters. The van der Waals surface area contributed by atoms with Crippen LogP contribution < -0.4 is 29.6 Å². The minimum absolute atomic E-state index is 0. The maximum absolute atomic E-state index is 10.5. The molecule has 1 saturated carbocycles. The van der Waals surface area contributed by atoms with Crippen LogP contribution in [0.15, 0.2) is 0 Å². The predicted octanol–water partition coefficient (Wildman–Crippen LogP) is -0.850. The van der Waals surface area contributed by atoms with E-state index >= 15 is 0 Å². The van der Waals surface area contributed by atoms with Gasteiger partial charge in [-0.3, -0.25) is 0 Å². The summed E-state index contributed by atoms with van der Waals surface area (Å²) in [6.07, 6.45) is 5.47. The second-order valence-corrected chi connectivity index (χ2v) is 2.70. The third kappa shape index (κ3) is 3.04. The van der Waals surface area contributed by atoms with E-state index in [0.717, 1.165) is 25.7 Å². The fourth-order valence-corrected chi connectivity index (χ4v) is 1.36. The van der Waals surface area contributed by atoms with Crippen LogP contribution in [0.4, 0.5) is 0 Å². The van der Waals surface area contributed by atoms with Crippen molar-refractivity contribution in [3.05, 3.63) is 5.73 Å². The monoisotopic (exact) mass is 149 g/mol. The minimum Gasteiger partial charge on any atom is -0.668 e. The van der Waals surface area contributed by atoms with Crippen LogP contribution in [0.3, 0.4) is 0 Å². The molecule has 0 aliphatic heterocycles. The quantitative estimate of drug-likeness (QED) is 0.448. The first-order valence-corrected chi connectivity index (χ1v) is 3.56. The van der Waals surface area contributed by atoms with E-state index in [2.05, 4.69) is 0 Å². The molecule has 2 nitrogen and oxygen atoms in total. The van der Waals surface area contributed by atoms with Gasteiger partial charge in [0.15, 0.2) is 0 Å². The van der Waals surface area contributed by atoms with Gasteiger partial charge in [0.05, 0.1) is 5.91 Å².